The second-order valence-electron chi connectivity index (χ2n) is 7.64. The lowest BCUT2D eigenvalue weighted by Gasteiger charge is -2.14. The average Bonchev–Trinajstić information content (AvgIpc) is 3.09. The summed E-state index contributed by atoms with van der Waals surface area (Å²) in [6, 6.07) is 15.3. The van der Waals surface area contributed by atoms with Crippen molar-refractivity contribution in [3.05, 3.63) is 107 Å². The number of ether oxygens (including phenoxy) is 1. The first-order valence-electron chi connectivity index (χ1n) is 10.3. The number of non-ortho nitro benzene ring substituents is 1. The van der Waals surface area contributed by atoms with Crippen molar-refractivity contribution < 1.29 is 24.2 Å². The fraction of sp³-hybridized carbons (Fsp3) is 0.0833. The zero-order valence-electron chi connectivity index (χ0n) is 18.5. The second kappa shape index (κ2) is 10.3. The summed E-state index contributed by atoms with van der Waals surface area (Å²) < 4.78 is 6.39. The summed E-state index contributed by atoms with van der Waals surface area (Å²) in [5, 5.41) is 22.1. The number of nitro benzene ring substituents is 2. The van der Waals surface area contributed by atoms with Gasteiger partial charge in [-0.1, -0.05) is 40.2 Å². The van der Waals surface area contributed by atoms with Gasteiger partial charge >= 0.3 is 5.69 Å². The largest absolute Gasteiger partial charge is 0.449 e. The number of halogens is 1. The zero-order chi connectivity index (χ0) is 26.0. The van der Waals surface area contributed by atoms with Gasteiger partial charge in [0, 0.05) is 16.1 Å². The molecule has 0 saturated carbocycles. The summed E-state index contributed by atoms with van der Waals surface area (Å²) in [5.41, 5.74) is 1.13. The Kier molecular flexibility index (Phi) is 7.17. The number of hydrogen-bond acceptors (Lipinski definition) is 8. The third kappa shape index (κ3) is 5.29. The molecule has 1 aliphatic heterocycles. The van der Waals surface area contributed by atoms with Crippen molar-refractivity contribution in [2.24, 2.45) is 0 Å². The Balaban J connectivity index is 1.66. The van der Waals surface area contributed by atoms with E-state index in [0.29, 0.717) is 10.0 Å². The van der Waals surface area contributed by atoms with Crippen LogP contribution in [0.2, 0.25) is 0 Å². The topological polar surface area (TPSA) is 133 Å². The van der Waals surface area contributed by atoms with Crippen LogP contribution in [0, 0.1) is 27.2 Å². The fourth-order valence-electron chi connectivity index (χ4n) is 3.43. The third-order valence-corrected chi connectivity index (χ3v) is 6.69. The first-order valence-corrected chi connectivity index (χ1v) is 11.9. The molecular weight excluding hydrogens is 554 g/mol. The van der Waals surface area contributed by atoms with Gasteiger partial charge < -0.3 is 4.74 Å². The van der Waals surface area contributed by atoms with Crippen LogP contribution in [-0.2, 0) is 11.3 Å². The number of rotatable bonds is 7. The summed E-state index contributed by atoms with van der Waals surface area (Å²) in [7, 11) is 0. The minimum Gasteiger partial charge on any atom is -0.449 e. The molecule has 1 heterocycles. The van der Waals surface area contributed by atoms with Gasteiger partial charge in [0.05, 0.1) is 27.4 Å². The molecule has 0 aromatic heterocycles. The Morgan fingerprint density at radius 2 is 1.72 bits per heavy atom. The van der Waals surface area contributed by atoms with Gasteiger partial charge in [-0.3, -0.25) is 34.7 Å². The number of amides is 2. The number of aryl methyl sites for hydroxylation is 1. The standard InChI is InChI=1S/C24H16BrN3O7S/c1-14-4-2-3-5-15(14)13-26-23(29)22(36-24(26)30)11-16-10-17(25)6-8-20(16)35-21-9-7-18(27(31)32)12-19(21)28(33)34/h2-12H,13H2,1H3/b22-11-. The quantitative estimate of drug-likeness (QED) is 0.176. The van der Waals surface area contributed by atoms with E-state index in [4.69, 9.17) is 4.74 Å². The highest BCUT2D eigenvalue weighted by atomic mass is 79.9. The maximum absolute atomic E-state index is 13.0. The second-order valence-corrected chi connectivity index (χ2v) is 9.55. The lowest BCUT2D eigenvalue weighted by atomic mass is 10.1. The maximum atomic E-state index is 13.0. The summed E-state index contributed by atoms with van der Waals surface area (Å²) in [6.45, 7) is 2.03. The predicted octanol–water partition coefficient (Wildman–Crippen LogP) is 6.60. The molecule has 0 aliphatic carbocycles. The van der Waals surface area contributed by atoms with Crippen molar-refractivity contribution in [3.63, 3.8) is 0 Å². The van der Waals surface area contributed by atoms with Crippen molar-refractivity contribution in [2.45, 2.75) is 13.5 Å². The van der Waals surface area contributed by atoms with Crippen LogP contribution >= 0.6 is 27.7 Å². The van der Waals surface area contributed by atoms with E-state index in [0.717, 1.165) is 46.0 Å². The lowest BCUT2D eigenvalue weighted by molar-refractivity contribution is -0.394. The smallest absolute Gasteiger partial charge is 0.318 e. The number of carbonyl (C=O) groups is 2. The minimum absolute atomic E-state index is 0.130. The van der Waals surface area contributed by atoms with E-state index in [-0.39, 0.29) is 22.9 Å². The van der Waals surface area contributed by atoms with Crippen LogP contribution in [0.25, 0.3) is 6.08 Å². The molecule has 3 aromatic carbocycles. The first-order chi connectivity index (χ1) is 17.1. The summed E-state index contributed by atoms with van der Waals surface area (Å²) in [6.07, 6.45) is 1.47. The molecule has 1 fully saturated rings. The molecule has 0 unspecified atom stereocenters. The van der Waals surface area contributed by atoms with Crippen molar-refractivity contribution in [2.75, 3.05) is 0 Å². The molecule has 10 nitrogen and oxygen atoms in total. The molecule has 0 bridgehead atoms. The zero-order valence-corrected chi connectivity index (χ0v) is 20.9. The number of nitrogens with zero attached hydrogens (tertiary/aromatic N) is 3. The van der Waals surface area contributed by atoms with Crippen molar-refractivity contribution in [3.8, 4) is 11.5 Å². The normalized spacial score (nSPS) is 14.4. The van der Waals surface area contributed by atoms with Gasteiger partial charge in [0.15, 0.2) is 0 Å². The van der Waals surface area contributed by atoms with Crippen LogP contribution in [0.1, 0.15) is 16.7 Å². The Labute approximate surface area is 217 Å². The summed E-state index contributed by atoms with van der Waals surface area (Å²) >= 11 is 4.13. The highest BCUT2D eigenvalue weighted by Gasteiger charge is 2.35. The highest BCUT2D eigenvalue weighted by Crippen LogP contribution is 2.39. The minimum atomic E-state index is -0.780. The molecule has 4 rings (SSSR count). The molecule has 1 aliphatic rings. The molecular formula is C24H16BrN3O7S. The molecule has 36 heavy (non-hydrogen) atoms. The Morgan fingerprint density at radius 1 is 1.00 bits per heavy atom. The van der Waals surface area contributed by atoms with Crippen LogP contribution < -0.4 is 4.74 Å². The van der Waals surface area contributed by atoms with Crippen LogP contribution in [0.3, 0.4) is 0 Å². The molecule has 182 valence electrons. The SMILES string of the molecule is Cc1ccccc1CN1C(=O)S/C(=C\c2cc(Br)ccc2Oc2ccc([N+](=O)[O-])cc2[N+](=O)[O-])C1=O. The van der Waals surface area contributed by atoms with Gasteiger partial charge in [-0.05, 0) is 60.2 Å². The van der Waals surface area contributed by atoms with Crippen LogP contribution in [0.15, 0.2) is 70.0 Å². The number of benzene rings is 3. The number of carbonyl (C=O) groups excluding carboxylic acids is 2. The number of hydrogen-bond donors (Lipinski definition) is 0. The number of nitro groups is 2. The summed E-state index contributed by atoms with van der Waals surface area (Å²) in [4.78, 5) is 47.9. The van der Waals surface area contributed by atoms with E-state index < -0.39 is 32.4 Å². The van der Waals surface area contributed by atoms with Crippen molar-refractivity contribution >= 4 is 56.3 Å². The van der Waals surface area contributed by atoms with Crippen molar-refractivity contribution in [1.82, 2.24) is 4.90 Å². The van der Waals surface area contributed by atoms with E-state index >= 15 is 0 Å². The number of thioether (sulfide) groups is 1. The van der Waals surface area contributed by atoms with E-state index in [1.807, 2.05) is 31.2 Å². The summed E-state index contributed by atoms with van der Waals surface area (Å²) in [5.74, 6) is -0.531. The fourth-order valence-corrected chi connectivity index (χ4v) is 4.64. The predicted molar refractivity (Wildman–Crippen MR) is 137 cm³/mol. The average molecular weight is 570 g/mol. The van der Waals surface area contributed by atoms with Gasteiger partial charge in [-0.2, -0.15) is 0 Å². The van der Waals surface area contributed by atoms with E-state index in [2.05, 4.69) is 15.9 Å². The molecule has 1 saturated heterocycles. The van der Waals surface area contributed by atoms with Crippen LogP contribution in [-0.4, -0.2) is 25.9 Å². The van der Waals surface area contributed by atoms with Crippen LogP contribution in [0.4, 0.5) is 16.2 Å². The highest BCUT2D eigenvalue weighted by molar-refractivity contribution is 9.10. The van der Waals surface area contributed by atoms with E-state index in [1.165, 1.54) is 12.1 Å². The Morgan fingerprint density at radius 3 is 2.42 bits per heavy atom. The molecule has 12 heteroatoms. The monoisotopic (exact) mass is 569 g/mol. The van der Waals surface area contributed by atoms with E-state index in [1.54, 1.807) is 12.1 Å². The van der Waals surface area contributed by atoms with Crippen LogP contribution in [0.5, 0.6) is 11.5 Å². The van der Waals surface area contributed by atoms with Gasteiger partial charge in [0.1, 0.15) is 5.75 Å². The van der Waals surface area contributed by atoms with E-state index in [9.17, 15) is 29.8 Å². The molecule has 0 radical (unpaired) electrons. The number of imide groups is 1. The molecule has 2 amide bonds. The Hall–Kier alpha value is -4.03. The van der Waals surface area contributed by atoms with Gasteiger partial charge in [0.2, 0.25) is 5.75 Å². The lowest BCUT2D eigenvalue weighted by Crippen LogP contribution is -2.27. The first kappa shape index (κ1) is 25.1. The third-order valence-electron chi connectivity index (χ3n) is 5.29. The van der Waals surface area contributed by atoms with Gasteiger partial charge in [-0.15, -0.1) is 0 Å². The molecule has 3 aromatic rings. The molecule has 0 spiro atoms. The Bertz CT molecular complexity index is 1460. The molecule has 0 atom stereocenters. The van der Waals surface area contributed by atoms with Gasteiger partial charge in [-0.25, -0.2) is 0 Å². The van der Waals surface area contributed by atoms with Gasteiger partial charge in [0.25, 0.3) is 16.8 Å². The van der Waals surface area contributed by atoms with Crippen molar-refractivity contribution in [1.29, 1.82) is 0 Å². The molecule has 0 N–H and O–H groups in total. The maximum Gasteiger partial charge on any atom is 0.318 e.